The molecule has 35 heavy (non-hydrogen) atoms. The summed E-state index contributed by atoms with van der Waals surface area (Å²) in [5.41, 5.74) is 3.17. The quantitative estimate of drug-likeness (QED) is 0.600. The highest BCUT2D eigenvalue weighted by molar-refractivity contribution is 6.20. The molecule has 2 aromatic rings. The van der Waals surface area contributed by atoms with Crippen molar-refractivity contribution in [2.45, 2.75) is 63.6 Å². The van der Waals surface area contributed by atoms with Gasteiger partial charge >= 0.3 is 0 Å². The van der Waals surface area contributed by atoms with E-state index in [1.54, 1.807) is 11.9 Å². The molecule has 2 saturated carbocycles. The molecule has 0 saturated heterocycles. The number of para-hydroxylation sites is 1. The predicted molar refractivity (Wildman–Crippen MR) is 137 cm³/mol. The minimum Gasteiger partial charge on any atom is -0.392 e. The average Bonchev–Trinajstić information content (AvgIpc) is 3.58. The molecule has 2 aromatic carbocycles. The fourth-order valence-corrected chi connectivity index (χ4v) is 5.59. The van der Waals surface area contributed by atoms with Gasteiger partial charge in [0.1, 0.15) is 0 Å². The van der Waals surface area contributed by atoms with Gasteiger partial charge in [0.2, 0.25) is 12.1 Å². The van der Waals surface area contributed by atoms with Crippen LogP contribution in [0.15, 0.2) is 59.6 Å². The van der Waals surface area contributed by atoms with Crippen molar-refractivity contribution in [3.05, 3.63) is 65.7 Å². The van der Waals surface area contributed by atoms with Crippen molar-refractivity contribution in [1.82, 2.24) is 5.32 Å². The van der Waals surface area contributed by atoms with E-state index in [2.05, 4.69) is 5.32 Å². The summed E-state index contributed by atoms with van der Waals surface area (Å²) < 4.78 is 0. The molecule has 6 heteroatoms. The molecule has 3 atom stereocenters. The predicted octanol–water partition coefficient (Wildman–Crippen LogP) is 4.30. The van der Waals surface area contributed by atoms with Gasteiger partial charge < -0.3 is 15.3 Å². The number of aliphatic imine (C=N–C) groups is 1. The highest BCUT2D eigenvalue weighted by atomic mass is 16.3. The number of benzodiazepines with no additional fused rings is 1. The third-order valence-electron chi connectivity index (χ3n) is 7.80. The maximum absolute atomic E-state index is 13.6. The lowest BCUT2D eigenvalue weighted by atomic mass is 9.87. The molecule has 0 unspecified atom stereocenters. The first-order valence-corrected chi connectivity index (χ1v) is 13.0. The first-order chi connectivity index (χ1) is 17.0. The van der Waals surface area contributed by atoms with Crippen molar-refractivity contribution >= 4 is 23.2 Å². The van der Waals surface area contributed by atoms with Gasteiger partial charge in [-0.3, -0.25) is 9.59 Å². The number of nitrogens with one attached hydrogen (secondary N) is 1. The van der Waals surface area contributed by atoms with Crippen LogP contribution >= 0.6 is 0 Å². The molecule has 5 rings (SSSR count). The standard InChI is InChI=1S/C29H35N3O3/c1-32-24-14-8-7-13-22(24)26(21-11-3-2-4-12-21)30-27(29(32)35)31-28(34)23(17-20-15-16-20)25(33)18-19-9-5-6-10-19/h2-4,7-8,11-14,19-20,23,25,27,33H,5-6,9-10,15-18H2,1H3,(H,31,34)/t23-,25+,27-/m1/s1. The van der Waals surface area contributed by atoms with Crippen LogP contribution in [-0.2, 0) is 9.59 Å². The van der Waals surface area contributed by atoms with E-state index in [0.29, 0.717) is 30.4 Å². The number of anilines is 1. The van der Waals surface area contributed by atoms with Gasteiger partial charge in [-0.25, -0.2) is 4.99 Å². The van der Waals surface area contributed by atoms with Crippen LogP contribution in [0.1, 0.15) is 62.5 Å². The van der Waals surface area contributed by atoms with Crippen molar-refractivity contribution in [2.24, 2.45) is 22.7 Å². The Morgan fingerprint density at radius 2 is 1.66 bits per heavy atom. The summed E-state index contributed by atoms with van der Waals surface area (Å²) in [5, 5.41) is 14.0. The van der Waals surface area contributed by atoms with Crippen molar-refractivity contribution < 1.29 is 14.7 Å². The number of fused-ring (bicyclic) bond motifs is 1. The number of likely N-dealkylation sites (N-methyl/N-ethyl adjacent to an activating group) is 1. The highest BCUT2D eigenvalue weighted by Crippen LogP contribution is 2.38. The number of carbonyl (C=O) groups is 2. The molecule has 6 nitrogen and oxygen atoms in total. The zero-order valence-electron chi connectivity index (χ0n) is 20.4. The Morgan fingerprint density at radius 3 is 2.37 bits per heavy atom. The fourth-order valence-electron chi connectivity index (χ4n) is 5.59. The number of rotatable bonds is 8. The monoisotopic (exact) mass is 473 g/mol. The van der Waals surface area contributed by atoms with Crippen LogP contribution in [0.5, 0.6) is 0 Å². The molecule has 1 aliphatic heterocycles. The van der Waals surface area contributed by atoms with Gasteiger partial charge in [0.15, 0.2) is 0 Å². The van der Waals surface area contributed by atoms with Gasteiger partial charge in [-0.15, -0.1) is 0 Å². The molecular weight excluding hydrogens is 438 g/mol. The van der Waals surface area contributed by atoms with Gasteiger partial charge in [-0.05, 0) is 30.7 Å². The number of carbonyl (C=O) groups excluding carboxylic acids is 2. The molecule has 0 bridgehead atoms. The molecular formula is C29H35N3O3. The molecule has 1 heterocycles. The van der Waals surface area contributed by atoms with Crippen molar-refractivity contribution in [1.29, 1.82) is 0 Å². The Balaban J connectivity index is 1.43. The summed E-state index contributed by atoms with van der Waals surface area (Å²) in [5.74, 6) is -0.0860. The lowest BCUT2D eigenvalue weighted by molar-refractivity contribution is -0.133. The summed E-state index contributed by atoms with van der Waals surface area (Å²) in [7, 11) is 1.72. The second kappa shape index (κ2) is 10.3. The van der Waals surface area contributed by atoms with Crippen molar-refractivity contribution in [3.8, 4) is 0 Å². The zero-order valence-corrected chi connectivity index (χ0v) is 20.4. The molecule has 184 valence electrons. The van der Waals surface area contributed by atoms with Crippen LogP contribution in [0.2, 0.25) is 0 Å². The van der Waals surface area contributed by atoms with Gasteiger partial charge in [-0.2, -0.15) is 0 Å². The summed E-state index contributed by atoms with van der Waals surface area (Å²) in [4.78, 5) is 33.4. The molecule has 2 N–H and O–H groups in total. The molecule has 2 amide bonds. The lowest BCUT2D eigenvalue weighted by Crippen LogP contribution is -2.49. The highest BCUT2D eigenvalue weighted by Gasteiger charge is 2.38. The molecule has 0 aromatic heterocycles. The van der Waals surface area contributed by atoms with E-state index < -0.39 is 18.2 Å². The summed E-state index contributed by atoms with van der Waals surface area (Å²) in [6, 6.07) is 17.4. The van der Waals surface area contributed by atoms with E-state index in [9.17, 15) is 14.7 Å². The Hall–Kier alpha value is -2.99. The zero-order chi connectivity index (χ0) is 24.4. The van der Waals surface area contributed by atoms with Crippen LogP contribution in [0, 0.1) is 17.8 Å². The Labute approximate surface area is 207 Å². The van der Waals surface area contributed by atoms with E-state index in [1.165, 1.54) is 12.8 Å². The first kappa shape index (κ1) is 23.7. The van der Waals surface area contributed by atoms with E-state index >= 15 is 0 Å². The van der Waals surface area contributed by atoms with Crippen molar-refractivity contribution in [2.75, 3.05) is 11.9 Å². The number of benzene rings is 2. The summed E-state index contributed by atoms with van der Waals surface area (Å²) in [6.07, 6.45) is 6.48. The van der Waals surface area contributed by atoms with Gasteiger partial charge in [0, 0.05) is 18.2 Å². The SMILES string of the molecule is CN1C(=O)[C@@H](NC(=O)[C@H](CC2CC2)[C@@H](O)CC2CCCC2)N=C(c2ccccc2)c2ccccc21. The van der Waals surface area contributed by atoms with Gasteiger partial charge in [0.25, 0.3) is 5.91 Å². The van der Waals surface area contributed by atoms with Gasteiger partial charge in [0.05, 0.1) is 23.4 Å². The molecule has 3 aliphatic rings. The number of hydrogen-bond donors (Lipinski definition) is 2. The molecule has 0 spiro atoms. The topological polar surface area (TPSA) is 82.0 Å². The minimum atomic E-state index is -1.05. The maximum Gasteiger partial charge on any atom is 0.272 e. The second-order valence-corrected chi connectivity index (χ2v) is 10.4. The van der Waals surface area contributed by atoms with Crippen LogP contribution in [0.3, 0.4) is 0 Å². The number of amides is 2. The number of hydrogen-bond acceptors (Lipinski definition) is 4. The third-order valence-corrected chi connectivity index (χ3v) is 7.80. The van der Waals surface area contributed by atoms with E-state index in [-0.39, 0.29) is 11.8 Å². The van der Waals surface area contributed by atoms with E-state index in [0.717, 1.165) is 42.5 Å². The molecule has 2 aliphatic carbocycles. The smallest absolute Gasteiger partial charge is 0.272 e. The largest absolute Gasteiger partial charge is 0.392 e. The Bertz CT molecular complexity index is 1090. The number of aliphatic hydroxyl groups excluding tert-OH is 1. The van der Waals surface area contributed by atoms with E-state index in [1.807, 2.05) is 54.6 Å². The summed E-state index contributed by atoms with van der Waals surface area (Å²) >= 11 is 0. The Kier molecular flexibility index (Phi) is 7.00. The van der Waals surface area contributed by atoms with Crippen LogP contribution in [0.4, 0.5) is 5.69 Å². The maximum atomic E-state index is 13.6. The van der Waals surface area contributed by atoms with Gasteiger partial charge in [-0.1, -0.05) is 87.1 Å². The van der Waals surface area contributed by atoms with Crippen molar-refractivity contribution in [3.63, 3.8) is 0 Å². The van der Waals surface area contributed by atoms with E-state index in [4.69, 9.17) is 4.99 Å². The third kappa shape index (κ3) is 5.32. The normalized spacial score (nSPS) is 22.2. The first-order valence-electron chi connectivity index (χ1n) is 13.0. The number of aliphatic hydroxyl groups is 1. The number of nitrogens with zero attached hydrogens (tertiary/aromatic N) is 2. The van der Waals surface area contributed by atoms with Crippen LogP contribution in [0.25, 0.3) is 0 Å². The fraction of sp³-hybridized carbons (Fsp3) is 0.483. The average molecular weight is 474 g/mol. The molecule has 2 fully saturated rings. The molecule has 0 radical (unpaired) electrons. The Morgan fingerprint density at radius 1 is 1.00 bits per heavy atom. The minimum absolute atomic E-state index is 0.267. The lowest BCUT2D eigenvalue weighted by Gasteiger charge is -2.27. The second-order valence-electron chi connectivity index (χ2n) is 10.4. The summed E-state index contributed by atoms with van der Waals surface area (Å²) in [6.45, 7) is 0. The van der Waals surface area contributed by atoms with Crippen LogP contribution in [-0.4, -0.2) is 41.9 Å². The van der Waals surface area contributed by atoms with Crippen LogP contribution < -0.4 is 10.2 Å².